The van der Waals surface area contributed by atoms with E-state index >= 15 is 0 Å². The number of hydrogen-bond donors (Lipinski definition) is 1. The van der Waals surface area contributed by atoms with Crippen molar-refractivity contribution in [1.29, 1.82) is 0 Å². The van der Waals surface area contributed by atoms with Crippen LogP contribution < -0.4 is 5.32 Å². The van der Waals surface area contributed by atoms with Gasteiger partial charge in [0, 0.05) is 36.8 Å². The van der Waals surface area contributed by atoms with E-state index < -0.39 is 16.1 Å². The summed E-state index contributed by atoms with van der Waals surface area (Å²) in [7, 11) is -3.26. The van der Waals surface area contributed by atoms with Crippen molar-refractivity contribution < 1.29 is 18.0 Å². The van der Waals surface area contributed by atoms with E-state index in [2.05, 4.69) is 5.32 Å². The molecule has 0 saturated carbocycles. The quantitative estimate of drug-likeness (QED) is 0.803. The largest absolute Gasteiger partial charge is 0.340 e. The maximum Gasteiger partial charge on any atom is 0.251 e. The number of nitrogens with zero attached hydrogens (tertiary/aromatic N) is 2. The van der Waals surface area contributed by atoms with Crippen molar-refractivity contribution in [1.82, 2.24) is 14.5 Å². The number of nitrogens with one attached hydrogen (secondary N) is 1. The molecule has 0 spiro atoms. The molecule has 26 heavy (non-hydrogen) atoms. The van der Waals surface area contributed by atoms with Gasteiger partial charge in [0.1, 0.15) is 6.04 Å². The van der Waals surface area contributed by atoms with Crippen molar-refractivity contribution in [2.45, 2.75) is 19.9 Å². The van der Waals surface area contributed by atoms with E-state index in [1.165, 1.54) is 4.31 Å². The Morgan fingerprint density at radius 3 is 2.08 bits per heavy atom. The van der Waals surface area contributed by atoms with Gasteiger partial charge >= 0.3 is 0 Å². The fraction of sp³-hybridized carbons (Fsp3) is 0.529. The third-order valence-corrected chi connectivity index (χ3v) is 5.90. The number of sulfonamides is 1. The van der Waals surface area contributed by atoms with E-state index in [0.29, 0.717) is 23.7 Å². The Morgan fingerprint density at radius 2 is 1.62 bits per heavy atom. The first-order valence-electron chi connectivity index (χ1n) is 8.40. The Bertz CT molecular complexity index is 757. The highest BCUT2D eigenvalue weighted by Crippen LogP contribution is 2.13. The van der Waals surface area contributed by atoms with Gasteiger partial charge in [0.15, 0.2) is 0 Å². The van der Waals surface area contributed by atoms with Gasteiger partial charge in [-0.05, 0) is 30.2 Å². The van der Waals surface area contributed by atoms with Gasteiger partial charge in [-0.2, -0.15) is 4.31 Å². The summed E-state index contributed by atoms with van der Waals surface area (Å²) < 4.78 is 24.5. The first kappa shape index (κ1) is 20.7. The molecule has 1 aliphatic rings. The van der Waals surface area contributed by atoms with E-state index in [-0.39, 0.29) is 30.8 Å². The van der Waals surface area contributed by atoms with Crippen molar-refractivity contribution in [3.8, 4) is 0 Å². The minimum atomic E-state index is -3.26. The Morgan fingerprint density at radius 1 is 1.08 bits per heavy atom. The summed E-state index contributed by atoms with van der Waals surface area (Å²) in [4.78, 5) is 26.9. The Labute approximate surface area is 159 Å². The lowest BCUT2D eigenvalue weighted by molar-refractivity contribution is -0.135. The highest BCUT2D eigenvalue weighted by Gasteiger charge is 2.32. The minimum absolute atomic E-state index is 0.105. The fourth-order valence-corrected chi connectivity index (χ4v) is 3.73. The molecule has 1 saturated heterocycles. The molecule has 144 valence electrons. The molecule has 9 heteroatoms. The van der Waals surface area contributed by atoms with Crippen LogP contribution in [0.3, 0.4) is 0 Å². The number of halogens is 1. The summed E-state index contributed by atoms with van der Waals surface area (Å²) in [6.07, 6.45) is 1.16. The zero-order valence-electron chi connectivity index (χ0n) is 15.1. The van der Waals surface area contributed by atoms with Gasteiger partial charge < -0.3 is 10.2 Å². The minimum Gasteiger partial charge on any atom is -0.340 e. The zero-order valence-corrected chi connectivity index (χ0v) is 16.7. The zero-order chi connectivity index (χ0) is 19.5. The topological polar surface area (TPSA) is 86.8 Å². The van der Waals surface area contributed by atoms with Crippen molar-refractivity contribution in [3.63, 3.8) is 0 Å². The van der Waals surface area contributed by atoms with Crippen LogP contribution in [-0.4, -0.2) is 67.9 Å². The Balaban J connectivity index is 2.04. The van der Waals surface area contributed by atoms with Crippen LogP contribution in [0.25, 0.3) is 0 Å². The molecule has 1 N–H and O–H groups in total. The van der Waals surface area contributed by atoms with Gasteiger partial charge in [0.2, 0.25) is 15.9 Å². The summed E-state index contributed by atoms with van der Waals surface area (Å²) in [6, 6.07) is 5.76. The van der Waals surface area contributed by atoms with E-state index in [1.807, 2.05) is 13.8 Å². The van der Waals surface area contributed by atoms with Crippen LogP contribution >= 0.6 is 11.6 Å². The molecular formula is C17H24ClN3O4S. The normalized spacial score (nSPS) is 17.2. The maximum atomic E-state index is 12.8. The van der Waals surface area contributed by atoms with E-state index in [4.69, 9.17) is 11.6 Å². The molecule has 1 heterocycles. The monoisotopic (exact) mass is 401 g/mol. The highest BCUT2D eigenvalue weighted by atomic mass is 35.5. The molecule has 1 aromatic carbocycles. The van der Waals surface area contributed by atoms with E-state index in [1.54, 1.807) is 29.2 Å². The first-order chi connectivity index (χ1) is 12.1. The number of rotatable bonds is 5. The fourth-order valence-electron chi connectivity index (χ4n) is 2.78. The SMILES string of the molecule is CC(C)C(NC(=O)c1ccc(Cl)cc1)C(=O)N1CCN(S(C)(=O)=O)CC1. The van der Waals surface area contributed by atoms with Crippen LogP contribution in [0.1, 0.15) is 24.2 Å². The molecule has 1 aliphatic heterocycles. The molecule has 0 bridgehead atoms. The number of piperazine rings is 1. The summed E-state index contributed by atoms with van der Waals surface area (Å²) in [5.41, 5.74) is 0.426. The Kier molecular flexibility index (Phi) is 6.65. The number of carbonyl (C=O) groups excluding carboxylic acids is 2. The van der Waals surface area contributed by atoms with Crippen LogP contribution in [-0.2, 0) is 14.8 Å². The third kappa shape index (κ3) is 5.18. The molecule has 1 unspecified atom stereocenters. The summed E-state index contributed by atoms with van der Waals surface area (Å²) >= 11 is 5.83. The summed E-state index contributed by atoms with van der Waals surface area (Å²) in [6.45, 7) is 4.87. The molecule has 1 fully saturated rings. The van der Waals surface area contributed by atoms with Crippen LogP contribution in [0.4, 0.5) is 0 Å². The number of carbonyl (C=O) groups is 2. The van der Waals surface area contributed by atoms with Gasteiger partial charge in [-0.25, -0.2) is 8.42 Å². The smallest absolute Gasteiger partial charge is 0.251 e. The molecule has 0 radical (unpaired) electrons. The number of amides is 2. The van der Waals surface area contributed by atoms with E-state index in [9.17, 15) is 18.0 Å². The lowest BCUT2D eigenvalue weighted by Gasteiger charge is -2.36. The predicted octanol–water partition coefficient (Wildman–Crippen LogP) is 1.20. The van der Waals surface area contributed by atoms with Crippen molar-refractivity contribution in [2.75, 3.05) is 32.4 Å². The average Bonchev–Trinajstić information content (AvgIpc) is 2.58. The van der Waals surface area contributed by atoms with Crippen molar-refractivity contribution >= 4 is 33.4 Å². The summed E-state index contributed by atoms with van der Waals surface area (Å²) in [5.74, 6) is -0.648. The van der Waals surface area contributed by atoms with Crippen LogP contribution in [0.5, 0.6) is 0 Å². The van der Waals surface area contributed by atoms with Gasteiger partial charge in [-0.15, -0.1) is 0 Å². The molecule has 7 nitrogen and oxygen atoms in total. The maximum absolute atomic E-state index is 12.8. The molecule has 0 aliphatic carbocycles. The molecular weight excluding hydrogens is 378 g/mol. The van der Waals surface area contributed by atoms with Gasteiger partial charge in [0.05, 0.1) is 6.26 Å². The van der Waals surface area contributed by atoms with Gasteiger partial charge in [-0.3, -0.25) is 9.59 Å². The van der Waals surface area contributed by atoms with Gasteiger partial charge in [0.25, 0.3) is 5.91 Å². The number of hydrogen-bond acceptors (Lipinski definition) is 4. The average molecular weight is 402 g/mol. The molecule has 2 rings (SSSR count). The second kappa shape index (κ2) is 8.37. The van der Waals surface area contributed by atoms with Crippen LogP contribution in [0.2, 0.25) is 5.02 Å². The second-order valence-electron chi connectivity index (χ2n) is 6.69. The lowest BCUT2D eigenvalue weighted by Crippen LogP contribution is -2.57. The molecule has 1 atom stereocenters. The van der Waals surface area contributed by atoms with Crippen LogP contribution in [0.15, 0.2) is 24.3 Å². The standard InChI is InChI=1S/C17H24ClN3O4S/c1-12(2)15(19-16(22)13-4-6-14(18)7-5-13)17(23)20-8-10-21(11-9-20)26(3,24)25/h4-7,12,15H,8-11H2,1-3H3,(H,19,22). The van der Waals surface area contributed by atoms with Crippen molar-refractivity contribution in [3.05, 3.63) is 34.9 Å². The second-order valence-corrected chi connectivity index (χ2v) is 9.11. The third-order valence-electron chi connectivity index (χ3n) is 4.35. The molecule has 2 amide bonds. The highest BCUT2D eigenvalue weighted by molar-refractivity contribution is 7.88. The predicted molar refractivity (Wildman–Crippen MR) is 101 cm³/mol. The molecule has 1 aromatic rings. The first-order valence-corrected chi connectivity index (χ1v) is 10.6. The molecule has 0 aromatic heterocycles. The lowest BCUT2D eigenvalue weighted by atomic mass is 10.0. The Hall–Kier alpha value is -1.64. The van der Waals surface area contributed by atoms with Crippen molar-refractivity contribution in [2.24, 2.45) is 5.92 Å². The van der Waals surface area contributed by atoms with Crippen LogP contribution in [0, 0.1) is 5.92 Å². The summed E-state index contributed by atoms with van der Waals surface area (Å²) in [5, 5.41) is 3.32. The van der Waals surface area contributed by atoms with E-state index in [0.717, 1.165) is 6.26 Å². The number of benzene rings is 1. The van der Waals surface area contributed by atoms with Gasteiger partial charge in [-0.1, -0.05) is 25.4 Å².